The number of allylic oxidation sites excluding steroid dienone is 4. The quantitative estimate of drug-likeness (QED) is 0.463. The van der Waals surface area contributed by atoms with Crippen LogP contribution in [0, 0.1) is 17.9 Å². The van der Waals surface area contributed by atoms with Crippen LogP contribution in [0.4, 0.5) is 0 Å². The monoisotopic (exact) mass is 516 g/mol. The summed E-state index contributed by atoms with van der Waals surface area (Å²) in [6.45, 7) is 9.18. The Bertz CT molecular complexity index is 860. The fraction of sp³-hybridized carbons (Fsp3) is 0.333. The summed E-state index contributed by atoms with van der Waals surface area (Å²) in [5, 5.41) is 5.39. The van der Waals surface area contributed by atoms with Gasteiger partial charge in [0, 0.05) is 0 Å². The number of benzene rings is 2. The molecule has 0 radical (unpaired) electrons. The molecule has 0 saturated heterocycles. The van der Waals surface area contributed by atoms with Gasteiger partial charge in [-0.15, -0.1) is 46.2 Å². The second-order valence-corrected chi connectivity index (χ2v) is 9.86. The second kappa shape index (κ2) is 15.9. The molecule has 0 fully saturated rings. The van der Waals surface area contributed by atoms with E-state index in [1.807, 2.05) is 12.2 Å². The maximum Gasteiger partial charge on any atom is -0.0771 e. The van der Waals surface area contributed by atoms with E-state index in [1.54, 1.807) is 27.4 Å². The average Bonchev–Trinajstić information content (AvgIpc) is 3.32. The molecule has 4 rings (SSSR count). The molecule has 0 amide bonds. The van der Waals surface area contributed by atoms with Crippen molar-refractivity contribution >= 4 is 24.8 Å². The van der Waals surface area contributed by atoms with Crippen molar-refractivity contribution in [1.29, 1.82) is 0 Å². The predicted molar refractivity (Wildman–Crippen MR) is 123 cm³/mol. The molecule has 1 aliphatic carbocycles. The summed E-state index contributed by atoms with van der Waals surface area (Å²) in [5.74, 6) is 1.71. The number of hydrogen-bond donors (Lipinski definition) is 0. The zero-order chi connectivity index (χ0) is 20.4. The van der Waals surface area contributed by atoms with E-state index in [9.17, 15) is 0 Å². The molecule has 0 N–H and O–H groups in total. The molecule has 0 atom stereocenters. The van der Waals surface area contributed by atoms with Gasteiger partial charge in [-0.25, -0.2) is 12.2 Å². The minimum Gasteiger partial charge on any atom is -1.00 e. The molecule has 0 unspecified atom stereocenters. The first-order valence-corrected chi connectivity index (χ1v) is 11.5. The first-order valence-electron chi connectivity index (χ1n) is 10.3. The Hall–Kier alpha value is -0.877. The second-order valence-electron chi connectivity index (χ2n) is 8.12. The number of rotatable bonds is 4. The van der Waals surface area contributed by atoms with Gasteiger partial charge in [-0.1, -0.05) is 36.4 Å². The Morgan fingerprint density at radius 1 is 0.867 bits per heavy atom. The van der Waals surface area contributed by atoms with E-state index in [-0.39, 0.29) is 24.8 Å². The SMILES string of the molecule is CC(C)C[C](=[Zr+2])CC(C)C.[C-]1=CC=CC1.[Cl-].[Cl-].c1ccc2c(c1)[cH-]c1ccccc12. The van der Waals surface area contributed by atoms with E-state index < -0.39 is 0 Å². The Balaban J connectivity index is 0.000000444. The van der Waals surface area contributed by atoms with Crippen molar-refractivity contribution in [3.05, 3.63) is 78.9 Å². The van der Waals surface area contributed by atoms with Gasteiger partial charge in [-0.05, 0) is 0 Å². The van der Waals surface area contributed by atoms with Crippen molar-refractivity contribution in [2.75, 3.05) is 0 Å². The van der Waals surface area contributed by atoms with Crippen LogP contribution >= 0.6 is 0 Å². The third-order valence-corrected chi connectivity index (χ3v) is 5.42. The Morgan fingerprint density at radius 3 is 1.67 bits per heavy atom. The van der Waals surface area contributed by atoms with E-state index in [0.717, 1.165) is 18.3 Å². The summed E-state index contributed by atoms with van der Waals surface area (Å²) >= 11 is 1.65. The molecule has 0 heterocycles. The third kappa shape index (κ3) is 10.4. The molecule has 0 bridgehead atoms. The van der Waals surface area contributed by atoms with Gasteiger partial charge >= 0.3 is 79.8 Å². The summed E-state index contributed by atoms with van der Waals surface area (Å²) in [4.78, 5) is 0. The summed E-state index contributed by atoms with van der Waals surface area (Å²) < 4.78 is 1.75. The summed E-state index contributed by atoms with van der Waals surface area (Å²) in [6, 6.07) is 19.3. The average molecular weight is 519 g/mol. The molecule has 3 heteroatoms. The van der Waals surface area contributed by atoms with E-state index >= 15 is 0 Å². The van der Waals surface area contributed by atoms with E-state index in [1.165, 1.54) is 34.4 Å². The number of fused-ring (bicyclic) bond motifs is 3. The Labute approximate surface area is 210 Å². The summed E-state index contributed by atoms with van der Waals surface area (Å²) in [6.07, 6.45) is 12.7. The fourth-order valence-electron chi connectivity index (χ4n) is 3.31. The van der Waals surface area contributed by atoms with Crippen molar-refractivity contribution in [1.82, 2.24) is 0 Å². The molecular weight excluding hydrogens is 486 g/mol. The fourth-order valence-corrected chi connectivity index (χ4v) is 5.32. The minimum atomic E-state index is 0. The topological polar surface area (TPSA) is 0 Å². The van der Waals surface area contributed by atoms with Crippen LogP contribution in [0.1, 0.15) is 47.0 Å². The normalized spacial score (nSPS) is 11.5. The minimum absolute atomic E-state index is 0. The van der Waals surface area contributed by atoms with Crippen LogP contribution in [0.2, 0.25) is 0 Å². The van der Waals surface area contributed by atoms with Crippen LogP contribution < -0.4 is 24.8 Å². The van der Waals surface area contributed by atoms with Crippen molar-refractivity contribution in [3.63, 3.8) is 0 Å². The molecule has 0 spiro atoms. The molecule has 0 aliphatic heterocycles. The van der Waals surface area contributed by atoms with Crippen molar-refractivity contribution in [2.45, 2.75) is 47.0 Å². The third-order valence-electron chi connectivity index (χ3n) is 4.42. The van der Waals surface area contributed by atoms with Crippen LogP contribution in [0.3, 0.4) is 0 Å². The van der Waals surface area contributed by atoms with Crippen LogP contribution in [-0.2, 0) is 24.2 Å². The van der Waals surface area contributed by atoms with E-state index in [4.69, 9.17) is 0 Å². The summed E-state index contributed by atoms with van der Waals surface area (Å²) in [5.41, 5.74) is 0. The molecule has 0 saturated carbocycles. The first kappa shape index (κ1) is 29.1. The molecule has 160 valence electrons. The molecule has 0 nitrogen and oxygen atoms in total. The van der Waals surface area contributed by atoms with Crippen molar-refractivity contribution < 1.29 is 49.0 Å². The van der Waals surface area contributed by atoms with Gasteiger partial charge in [0.2, 0.25) is 0 Å². The van der Waals surface area contributed by atoms with Gasteiger partial charge in [0.25, 0.3) is 0 Å². The van der Waals surface area contributed by atoms with Gasteiger partial charge in [0.15, 0.2) is 0 Å². The van der Waals surface area contributed by atoms with Gasteiger partial charge in [0.1, 0.15) is 0 Å². The predicted octanol–water partition coefficient (Wildman–Crippen LogP) is 1.82. The van der Waals surface area contributed by atoms with Gasteiger partial charge < -0.3 is 24.8 Å². The van der Waals surface area contributed by atoms with E-state index in [2.05, 4.69) is 94.4 Å². The van der Waals surface area contributed by atoms with Crippen LogP contribution in [0.5, 0.6) is 0 Å². The van der Waals surface area contributed by atoms with Gasteiger partial charge in [-0.2, -0.15) is 6.08 Å². The van der Waals surface area contributed by atoms with Crippen molar-refractivity contribution in [2.24, 2.45) is 11.8 Å². The molecule has 3 aromatic carbocycles. The zero-order valence-corrected chi connectivity index (χ0v) is 22.4. The van der Waals surface area contributed by atoms with Crippen molar-refractivity contribution in [3.8, 4) is 0 Å². The number of hydrogen-bond acceptors (Lipinski definition) is 0. The standard InChI is InChI=1S/C13H9.C9H18.C5H5.2ClH.Zr/c1-3-7-12-10(5-1)9-11-6-2-4-8-13(11)12;1-8(2)6-5-7-9(3)4;1-2-4-5-3-1;;;/h1-9H;8-9H,6-7H2,1-4H3;1-3H,4H2;2*1H;/q-1;;-1;;;+2/p-2. The molecule has 0 aromatic heterocycles. The van der Waals surface area contributed by atoms with Gasteiger partial charge in [-0.3, -0.25) is 6.08 Å². The molecule has 30 heavy (non-hydrogen) atoms. The maximum absolute atomic E-state index is 2.99. The maximum atomic E-state index is 2.99. The van der Waals surface area contributed by atoms with E-state index in [0.29, 0.717) is 0 Å². The summed E-state index contributed by atoms with van der Waals surface area (Å²) in [7, 11) is 0. The first-order chi connectivity index (χ1) is 13.5. The molecular formula is C27H32Cl2Zr-2. The Morgan fingerprint density at radius 2 is 1.33 bits per heavy atom. The Kier molecular flexibility index (Phi) is 15.4. The van der Waals surface area contributed by atoms with Crippen LogP contribution in [0.15, 0.2) is 72.8 Å². The zero-order valence-electron chi connectivity index (χ0n) is 18.5. The molecule has 1 aliphatic rings. The smallest absolute Gasteiger partial charge is 0.0771 e. The van der Waals surface area contributed by atoms with Gasteiger partial charge in [0.05, 0.1) is 0 Å². The largest absolute Gasteiger partial charge is 1.00 e. The number of halogens is 2. The molecule has 3 aromatic rings. The van der Waals surface area contributed by atoms with Crippen LogP contribution in [-0.4, -0.2) is 3.21 Å². The van der Waals surface area contributed by atoms with Crippen LogP contribution in [0.25, 0.3) is 21.5 Å².